The summed E-state index contributed by atoms with van der Waals surface area (Å²) in [5.41, 5.74) is 8.97. The van der Waals surface area contributed by atoms with Gasteiger partial charge in [-0.2, -0.15) is 9.97 Å². The number of hydrazine groups is 1. The Balaban J connectivity index is 2.14. The number of nitrogen functional groups attached to an aromatic ring is 1. The lowest BCUT2D eigenvalue weighted by molar-refractivity contribution is 0.135. The predicted molar refractivity (Wildman–Crippen MR) is 71.2 cm³/mol. The van der Waals surface area contributed by atoms with E-state index in [0.717, 1.165) is 0 Å². The van der Waals surface area contributed by atoms with Gasteiger partial charge in [0.1, 0.15) is 5.82 Å². The monoisotopic (exact) mass is 251 g/mol. The van der Waals surface area contributed by atoms with Crippen molar-refractivity contribution in [2.24, 2.45) is 0 Å². The first-order chi connectivity index (χ1) is 8.60. The molecule has 1 aliphatic heterocycles. The van der Waals surface area contributed by atoms with Crippen LogP contribution in [0.25, 0.3) is 0 Å². The van der Waals surface area contributed by atoms with Crippen LogP contribution in [0.1, 0.15) is 33.1 Å². The molecule has 1 aromatic heterocycles. The second-order valence-corrected chi connectivity index (χ2v) is 4.80. The Labute approximate surface area is 108 Å². The van der Waals surface area contributed by atoms with Crippen LogP contribution >= 0.6 is 0 Å². The molecule has 100 valence electrons. The van der Waals surface area contributed by atoms with Gasteiger partial charge >= 0.3 is 0 Å². The minimum atomic E-state index is 0.217. The SMILES string of the molecule is COc1cc(NN2C(C)CCCC2C)nc(N)n1. The maximum atomic E-state index is 5.65. The topological polar surface area (TPSA) is 76.3 Å². The van der Waals surface area contributed by atoms with E-state index in [1.165, 1.54) is 19.3 Å². The van der Waals surface area contributed by atoms with Gasteiger partial charge in [0.25, 0.3) is 0 Å². The third-order valence-corrected chi connectivity index (χ3v) is 3.37. The van der Waals surface area contributed by atoms with Crippen LogP contribution < -0.4 is 15.9 Å². The number of piperidine rings is 1. The molecule has 2 rings (SSSR count). The zero-order valence-electron chi connectivity index (χ0n) is 11.2. The first kappa shape index (κ1) is 12.9. The fraction of sp³-hybridized carbons (Fsp3) is 0.667. The summed E-state index contributed by atoms with van der Waals surface area (Å²) in [6.07, 6.45) is 3.65. The summed E-state index contributed by atoms with van der Waals surface area (Å²) in [6, 6.07) is 2.72. The summed E-state index contributed by atoms with van der Waals surface area (Å²) in [6.45, 7) is 4.43. The Kier molecular flexibility index (Phi) is 3.86. The van der Waals surface area contributed by atoms with Crippen molar-refractivity contribution in [1.29, 1.82) is 0 Å². The summed E-state index contributed by atoms with van der Waals surface area (Å²) in [4.78, 5) is 8.15. The molecule has 0 radical (unpaired) electrons. The van der Waals surface area contributed by atoms with E-state index in [4.69, 9.17) is 10.5 Å². The van der Waals surface area contributed by atoms with Gasteiger partial charge < -0.3 is 15.9 Å². The van der Waals surface area contributed by atoms with Crippen LogP contribution in [-0.4, -0.2) is 34.2 Å². The maximum Gasteiger partial charge on any atom is 0.225 e. The van der Waals surface area contributed by atoms with Crippen LogP contribution in [-0.2, 0) is 0 Å². The lowest BCUT2D eigenvalue weighted by Gasteiger charge is -2.39. The van der Waals surface area contributed by atoms with E-state index in [1.54, 1.807) is 13.2 Å². The number of nitrogens with one attached hydrogen (secondary N) is 1. The predicted octanol–water partition coefficient (Wildman–Crippen LogP) is 1.66. The Hall–Kier alpha value is -1.56. The normalized spacial score (nSPS) is 24.8. The fourth-order valence-corrected chi connectivity index (χ4v) is 2.38. The quantitative estimate of drug-likeness (QED) is 0.850. The smallest absolute Gasteiger partial charge is 0.225 e. The average Bonchev–Trinajstić information content (AvgIpc) is 2.33. The maximum absolute atomic E-state index is 5.65. The fourth-order valence-electron chi connectivity index (χ4n) is 2.38. The first-order valence-corrected chi connectivity index (χ1v) is 6.33. The van der Waals surface area contributed by atoms with Gasteiger partial charge in [-0.05, 0) is 26.7 Å². The number of nitrogens with zero attached hydrogens (tertiary/aromatic N) is 3. The van der Waals surface area contributed by atoms with Gasteiger partial charge in [0.15, 0.2) is 0 Å². The number of rotatable bonds is 3. The molecule has 2 heterocycles. The number of hydrogen-bond acceptors (Lipinski definition) is 6. The Morgan fingerprint density at radius 3 is 2.61 bits per heavy atom. The van der Waals surface area contributed by atoms with Gasteiger partial charge in [0, 0.05) is 18.2 Å². The van der Waals surface area contributed by atoms with Gasteiger partial charge in [0.2, 0.25) is 11.8 Å². The second-order valence-electron chi connectivity index (χ2n) is 4.80. The van der Waals surface area contributed by atoms with Crippen molar-refractivity contribution in [3.63, 3.8) is 0 Å². The van der Waals surface area contributed by atoms with E-state index >= 15 is 0 Å². The van der Waals surface area contributed by atoms with E-state index in [1.807, 2.05) is 0 Å². The molecule has 1 fully saturated rings. The molecule has 1 saturated heterocycles. The van der Waals surface area contributed by atoms with Gasteiger partial charge in [-0.25, -0.2) is 5.01 Å². The molecule has 0 saturated carbocycles. The molecule has 6 nitrogen and oxygen atoms in total. The van der Waals surface area contributed by atoms with Crippen LogP contribution in [0.15, 0.2) is 6.07 Å². The largest absolute Gasteiger partial charge is 0.481 e. The Morgan fingerprint density at radius 1 is 1.33 bits per heavy atom. The van der Waals surface area contributed by atoms with E-state index < -0.39 is 0 Å². The summed E-state index contributed by atoms with van der Waals surface area (Å²) in [7, 11) is 1.57. The van der Waals surface area contributed by atoms with E-state index in [9.17, 15) is 0 Å². The molecule has 0 aromatic carbocycles. The van der Waals surface area contributed by atoms with Crippen LogP contribution in [0.5, 0.6) is 5.88 Å². The molecule has 18 heavy (non-hydrogen) atoms. The minimum Gasteiger partial charge on any atom is -0.481 e. The van der Waals surface area contributed by atoms with Crippen molar-refractivity contribution in [1.82, 2.24) is 15.0 Å². The minimum absolute atomic E-state index is 0.217. The van der Waals surface area contributed by atoms with Crippen LogP contribution in [0.4, 0.5) is 11.8 Å². The number of nitrogens with two attached hydrogens (primary N) is 1. The highest BCUT2D eigenvalue weighted by Crippen LogP contribution is 2.24. The zero-order chi connectivity index (χ0) is 13.1. The summed E-state index contributed by atoms with van der Waals surface area (Å²) < 4.78 is 5.09. The lowest BCUT2D eigenvalue weighted by Crippen LogP contribution is -2.47. The molecule has 0 bridgehead atoms. The van der Waals surface area contributed by atoms with Gasteiger partial charge in [-0.15, -0.1) is 0 Å². The van der Waals surface area contributed by atoms with Crippen molar-refractivity contribution in [2.75, 3.05) is 18.3 Å². The highest BCUT2D eigenvalue weighted by atomic mass is 16.5. The summed E-state index contributed by atoms with van der Waals surface area (Å²) in [5, 5.41) is 2.23. The number of ether oxygens (including phenoxy) is 1. The molecular weight excluding hydrogens is 230 g/mol. The van der Waals surface area contributed by atoms with Crippen molar-refractivity contribution in [2.45, 2.75) is 45.2 Å². The molecule has 6 heteroatoms. The highest BCUT2D eigenvalue weighted by Gasteiger charge is 2.25. The highest BCUT2D eigenvalue weighted by molar-refractivity contribution is 5.42. The van der Waals surface area contributed by atoms with E-state index in [2.05, 4.69) is 34.3 Å². The summed E-state index contributed by atoms with van der Waals surface area (Å²) >= 11 is 0. The molecular formula is C12H21N5O. The van der Waals surface area contributed by atoms with Crippen molar-refractivity contribution >= 4 is 11.8 Å². The number of hydrogen-bond donors (Lipinski definition) is 2. The van der Waals surface area contributed by atoms with Gasteiger partial charge in [0.05, 0.1) is 7.11 Å². The van der Waals surface area contributed by atoms with Crippen molar-refractivity contribution in [3.8, 4) is 5.88 Å². The molecule has 2 unspecified atom stereocenters. The Bertz CT molecular complexity index is 401. The summed E-state index contributed by atoms with van der Waals surface area (Å²) in [5.74, 6) is 1.37. The third-order valence-electron chi connectivity index (χ3n) is 3.37. The second kappa shape index (κ2) is 5.39. The molecule has 1 aromatic rings. The molecule has 0 amide bonds. The molecule has 1 aliphatic rings. The molecule has 2 atom stereocenters. The molecule has 3 N–H and O–H groups in total. The number of anilines is 2. The van der Waals surface area contributed by atoms with Crippen LogP contribution in [0, 0.1) is 0 Å². The zero-order valence-corrected chi connectivity index (χ0v) is 11.2. The third kappa shape index (κ3) is 2.81. The van der Waals surface area contributed by atoms with Gasteiger partial charge in [-0.3, -0.25) is 0 Å². The van der Waals surface area contributed by atoms with E-state index in [0.29, 0.717) is 23.8 Å². The molecule has 0 spiro atoms. The number of aromatic nitrogens is 2. The van der Waals surface area contributed by atoms with Gasteiger partial charge in [-0.1, -0.05) is 6.42 Å². The van der Waals surface area contributed by atoms with Crippen molar-refractivity contribution in [3.05, 3.63) is 6.07 Å². The number of methoxy groups -OCH3 is 1. The van der Waals surface area contributed by atoms with E-state index in [-0.39, 0.29) is 5.95 Å². The van der Waals surface area contributed by atoms with Crippen LogP contribution in [0.2, 0.25) is 0 Å². The molecule has 0 aliphatic carbocycles. The lowest BCUT2D eigenvalue weighted by atomic mass is 10.00. The average molecular weight is 251 g/mol. The van der Waals surface area contributed by atoms with Crippen molar-refractivity contribution < 1.29 is 4.74 Å². The standard InChI is InChI=1S/C12H21N5O/c1-8-5-4-6-9(2)17(8)16-10-7-11(18-3)15-12(13)14-10/h7-9H,4-6H2,1-3H3,(H3,13,14,15,16). The first-order valence-electron chi connectivity index (χ1n) is 6.33. The Morgan fingerprint density at radius 2 is 2.00 bits per heavy atom. The van der Waals surface area contributed by atoms with Crippen LogP contribution in [0.3, 0.4) is 0 Å².